The number of carbonyl (C=O) groups excluding carboxylic acids is 1. The molecule has 0 bridgehead atoms. The van der Waals surface area contributed by atoms with E-state index in [1.807, 2.05) is 6.92 Å². The summed E-state index contributed by atoms with van der Waals surface area (Å²) in [6.07, 6.45) is 2.76. The number of carbonyl (C=O) groups is 1. The van der Waals surface area contributed by atoms with Gasteiger partial charge in [-0.15, -0.1) is 0 Å². The Kier molecular flexibility index (Phi) is 5.00. The van der Waals surface area contributed by atoms with Crippen LogP contribution in [-0.4, -0.2) is 59.8 Å². The van der Waals surface area contributed by atoms with Crippen LogP contribution >= 0.6 is 0 Å². The lowest BCUT2D eigenvalue weighted by atomic mass is 10.2. The zero-order chi connectivity index (χ0) is 16.3. The minimum Gasteiger partial charge on any atom is -0.368 e. The van der Waals surface area contributed by atoms with Gasteiger partial charge in [0.25, 0.3) is 5.91 Å². The summed E-state index contributed by atoms with van der Waals surface area (Å²) in [6, 6.07) is 1.57. The molecule has 0 spiro atoms. The van der Waals surface area contributed by atoms with Crippen molar-refractivity contribution in [1.29, 1.82) is 0 Å². The second-order valence-corrected chi connectivity index (χ2v) is 7.94. The summed E-state index contributed by atoms with van der Waals surface area (Å²) in [6.45, 7) is 4.08. The average Bonchev–Trinajstić information content (AvgIpc) is 2.86. The molecule has 1 aromatic rings. The lowest BCUT2D eigenvalue weighted by molar-refractivity contribution is 0.0741. The molecule has 0 radical (unpaired) electrons. The predicted molar refractivity (Wildman–Crippen MR) is 84.6 cm³/mol. The molecule has 2 heterocycles. The van der Waals surface area contributed by atoms with Crippen LogP contribution in [0, 0.1) is 0 Å². The third kappa shape index (κ3) is 3.94. The van der Waals surface area contributed by atoms with Gasteiger partial charge >= 0.3 is 0 Å². The molecule has 0 saturated carbocycles. The third-order valence-electron chi connectivity index (χ3n) is 3.97. The Morgan fingerprint density at radius 2 is 2.23 bits per heavy atom. The van der Waals surface area contributed by atoms with Crippen LogP contribution in [0.1, 0.15) is 37.2 Å². The minimum atomic E-state index is -3.02. The predicted octanol–water partition coefficient (Wildman–Crippen LogP) is 0.946. The monoisotopic (exact) mass is 326 g/mol. The summed E-state index contributed by atoms with van der Waals surface area (Å²) in [7, 11) is -1.40. The molecule has 1 fully saturated rings. The third-order valence-corrected chi connectivity index (χ3v) is 5.72. The topological polar surface area (TPSA) is 92.3 Å². The van der Waals surface area contributed by atoms with E-state index < -0.39 is 9.84 Å². The van der Waals surface area contributed by atoms with Gasteiger partial charge in [0.1, 0.15) is 17.8 Å². The summed E-state index contributed by atoms with van der Waals surface area (Å²) in [5, 5.41) is 3.19. The fourth-order valence-electron chi connectivity index (χ4n) is 2.34. The lowest BCUT2D eigenvalue weighted by Crippen LogP contribution is -2.38. The van der Waals surface area contributed by atoms with Gasteiger partial charge in [0.2, 0.25) is 0 Å². The minimum absolute atomic E-state index is 0.0261. The van der Waals surface area contributed by atoms with Crippen LogP contribution in [-0.2, 0) is 9.84 Å². The SMILES string of the molecule is CCC(C)Nc1cc(C(=O)N(C)C2CCS(=O)(=O)C2)ncn1. The van der Waals surface area contributed by atoms with Crippen molar-refractivity contribution in [3.8, 4) is 0 Å². The second-order valence-electron chi connectivity index (χ2n) is 5.72. The number of anilines is 1. The van der Waals surface area contributed by atoms with E-state index in [1.54, 1.807) is 13.1 Å². The first-order chi connectivity index (χ1) is 10.3. The smallest absolute Gasteiger partial charge is 0.272 e. The van der Waals surface area contributed by atoms with Crippen molar-refractivity contribution >= 4 is 21.6 Å². The van der Waals surface area contributed by atoms with Crippen LogP contribution in [0.3, 0.4) is 0 Å². The number of hydrogen-bond acceptors (Lipinski definition) is 6. The second kappa shape index (κ2) is 6.60. The van der Waals surface area contributed by atoms with Crippen LogP contribution in [0.15, 0.2) is 12.4 Å². The van der Waals surface area contributed by atoms with Gasteiger partial charge in [0.15, 0.2) is 9.84 Å². The van der Waals surface area contributed by atoms with Crippen molar-refractivity contribution in [1.82, 2.24) is 14.9 Å². The highest BCUT2D eigenvalue weighted by Gasteiger charge is 2.33. The number of hydrogen-bond donors (Lipinski definition) is 1. The van der Waals surface area contributed by atoms with Crippen LogP contribution in [0.5, 0.6) is 0 Å². The maximum atomic E-state index is 12.5. The Bertz CT molecular complexity index is 647. The first-order valence-electron chi connectivity index (χ1n) is 7.38. The van der Waals surface area contributed by atoms with Crippen molar-refractivity contribution in [3.05, 3.63) is 18.1 Å². The van der Waals surface area contributed by atoms with Crippen molar-refractivity contribution in [2.75, 3.05) is 23.9 Å². The van der Waals surface area contributed by atoms with Gasteiger partial charge < -0.3 is 10.2 Å². The van der Waals surface area contributed by atoms with Crippen LogP contribution in [0.4, 0.5) is 5.82 Å². The molecular formula is C14H22N4O3S. The summed E-state index contributed by atoms with van der Waals surface area (Å²) >= 11 is 0. The Labute approximate surface area is 131 Å². The Balaban J connectivity index is 2.10. The van der Waals surface area contributed by atoms with E-state index >= 15 is 0 Å². The van der Waals surface area contributed by atoms with Gasteiger partial charge in [-0.3, -0.25) is 4.79 Å². The largest absolute Gasteiger partial charge is 0.368 e. The molecule has 122 valence electrons. The number of rotatable bonds is 5. The van der Waals surface area contributed by atoms with Gasteiger partial charge in [-0.1, -0.05) is 6.92 Å². The molecule has 1 saturated heterocycles. The van der Waals surface area contributed by atoms with Crippen molar-refractivity contribution in [2.45, 2.75) is 38.8 Å². The molecule has 0 aromatic carbocycles. The quantitative estimate of drug-likeness (QED) is 0.866. The van der Waals surface area contributed by atoms with Gasteiger partial charge in [-0.05, 0) is 19.8 Å². The maximum Gasteiger partial charge on any atom is 0.272 e. The fourth-order valence-corrected chi connectivity index (χ4v) is 4.11. The molecule has 1 aliphatic rings. The zero-order valence-electron chi connectivity index (χ0n) is 13.1. The normalized spacial score (nSPS) is 21.3. The first-order valence-corrected chi connectivity index (χ1v) is 9.20. The van der Waals surface area contributed by atoms with E-state index in [4.69, 9.17) is 0 Å². The molecule has 2 unspecified atom stereocenters. The van der Waals surface area contributed by atoms with E-state index in [-0.39, 0.29) is 35.2 Å². The molecule has 22 heavy (non-hydrogen) atoms. The van der Waals surface area contributed by atoms with Crippen molar-refractivity contribution < 1.29 is 13.2 Å². The molecule has 1 amide bonds. The summed E-state index contributed by atoms with van der Waals surface area (Å²) in [5.41, 5.74) is 0.271. The van der Waals surface area contributed by atoms with E-state index in [0.29, 0.717) is 12.2 Å². The van der Waals surface area contributed by atoms with Crippen LogP contribution in [0.25, 0.3) is 0 Å². The highest BCUT2D eigenvalue weighted by atomic mass is 32.2. The fraction of sp³-hybridized carbons (Fsp3) is 0.643. The number of nitrogens with one attached hydrogen (secondary N) is 1. The van der Waals surface area contributed by atoms with Crippen LogP contribution in [0.2, 0.25) is 0 Å². The van der Waals surface area contributed by atoms with E-state index in [1.165, 1.54) is 11.2 Å². The summed E-state index contributed by atoms with van der Waals surface area (Å²) in [4.78, 5) is 22.0. The summed E-state index contributed by atoms with van der Waals surface area (Å²) in [5.74, 6) is 0.481. The molecule has 8 heteroatoms. The molecule has 2 rings (SSSR count). The molecular weight excluding hydrogens is 304 g/mol. The van der Waals surface area contributed by atoms with Crippen molar-refractivity contribution in [2.24, 2.45) is 0 Å². The Morgan fingerprint density at radius 3 is 2.82 bits per heavy atom. The maximum absolute atomic E-state index is 12.5. The van der Waals surface area contributed by atoms with Gasteiger partial charge in [-0.2, -0.15) is 0 Å². The zero-order valence-corrected chi connectivity index (χ0v) is 13.9. The van der Waals surface area contributed by atoms with Gasteiger partial charge in [-0.25, -0.2) is 18.4 Å². The number of amides is 1. The average molecular weight is 326 g/mol. The van der Waals surface area contributed by atoms with E-state index in [9.17, 15) is 13.2 Å². The highest BCUT2D eigenvalue weighted by molar-refractivity contribution is 7.91. The van der Waals surface area contributed by atoms with Gasteiger partial charge in [0.05, 0.1) is 11.5 Å². The van der Waals surface area contributed by atoms with Crippen molar-refractivity contribution in [3.63, 3.8) is 0 Å². The highest BCUT2D eigenvalue weighted by Crippen LogP contribution is 2.18. The first kappa shape index (κ1) is 16.7. The Morgan fingerprint density at radius 1 is 1.50 bits per heavy atom. The van der Waals surface area contributed by atoms with E-state index in [0.717, 1.165) is 6.42 Å². The molecule has 1 aromatic heterocycles. The Hall–Kier alpha value is -1.70. The number of aromatic nitrogens is 2. The standard InChI is InChI=1S/C14H22N4O3S/c1-4-10(2)17-13-7-12(15-9-16-13)14(19)18(3)11-5-6-22(20,21)8-11/h7,9-11H,4-6,8H2,1-3H3,(H,15,16,17). The lowest BCUT2D eigenvalue weighted by Gasteiger charge is -2.23. The van der Waals surface area contributed by atoms with Gasteiger partial charge in [0, 0.05) is 25.2 Å². The number of sulfone groups is 1. The van der Waals surface area contributed by atoms with E-state index in [2.05, 4.69) is 22.2 Å². The molecule has 0 aliphatic carbocycles. The van der Waals surface area contributed by atoms with Crippen LogP contribution < -0.4 is 5.32 Å². The molecule has 1 N–H and O–H groups in total. The molecule has 2 atom stereocenters. The molecule has 7 nitrogen and oxygen atoms in total. The molecule has 1 aliphatic heterocycles. The summed E-state index contributed by atoms with van der Waals surface area (Å²) < 4.78 is 23.1. The number of nitrogens with zero attached hydrogens (tertiary/aromatic N) is 3.